The van der Waals surface area contributed by atoms with E-state index in [1.54, 1.807) is 10.9 Å². The summed E-state index contributed by atoms with van der Waals surface area (Å²) in [5.74, 6) is -0.0899. The molecule has 3 heterocycles. The van der Waals surface area contributed by atoms with Crippen molar-refractivity contribution in [2.75, 3.05) is 6.61 Å². The Morgan fingerprint density at radius 2 is 1.97 bits per heavy atom. The molecule has 0 saturated heterocycles. The molecule has 0 aromatic carbocycles. The normalized spacial score (nSPS) is 11.8. The number of pyridine rings is 1. The van der Waals surface area contributed by atoms with Gasteiger partial charge in [-0.05, 0) is 43.4 Å². The third kappa shape index (κ3) is 5.91. The van der Waals surface area contributed by atoms with Gasteiger partial charge in [0.15, 0.2) is 5.82 Å². The van der Waals surface area contributed by atoms with E-state index < -0.39 is 17.7 Å². The summed E-state index contributed by atoms with van der Waals surface area (Å²) in [6, 6.07) is 2.28. The second kappa shape index (κ2) is 10.1. The lowest BCUT2D eigenvalue weighted by Crippen LogP contribution is -2.09. The predicted octanol–water partition coefficient (Wildman–Crippen LogP) is 4.26. The molecule has 0 aliphatic heterocycles. The van der Waals surface area contributed by atoms with Crippen LogP contribution in [0.4, 0.5) is 13.2 Å². The first-order valence-electron chi connectivity index (χ1n) is 10.6. The fourth-order valence-corrected chi connectivity index (χ4v) is 3.43. The Bertz CT molecular complexity index is 1090. The Hall–Kier alpha value is -3.37. The Balaban J connectivity index is 1.69. The van der Waals surface area contributed by atoms with Gasteiger partial charge in [-0.25, -0.2) is 14.3 Å². The lowest BCUT2D eigenvalue weighted by Gasteiger charge is -2.10. The van der Waals surface area contributed by atoms with Crippen LogP contribution in [-0.2, 0) is 30.4 Å². The molecule has 0 bridgehead atoms. The Labute approximate surface area is 189 Å². The number of nitrogens with zero attached hydrogens (tertiary/aromatic N) is 5. The van der Waals surface area contributed by atoms with E-state index in [2.05, 4.69) is 15.2 Å². The highest BCUT2D eigenvalue weighted by Crippen LogP contribution is 2.29. The highest BCUT2D eigenvalue weighted by molar-refractivity contribution is 5.70. The van der Waals surface area contributed by atoms with Gasteiger partial charge in [0, 0.05) is 24.5 Å². The van der Waals surface area contributed by atoms with E-state index in [9.17, 15) is 18.0 Å². The van der Waals surface area contributed by atoms with Crippen LogP contribution in [0, 0.1) is 0 Å². The van der Waals surface area contributed by atoms with Crippen molar-refractivity contribution in [3.63, 3.8) is 0 Å². The number of aliphatic carboxylic acids is 1. The van der Waals surface area contributed by atoms with Crippen LogP contribution in [0.2, 0.25) is 0 Å². The zero-order valence-corrected chi connectivity index (χ0v) is 18.6. The average molecular weight is 465 g/mol. The van der Waals surface area contributed by atoms with Gasteiger partial charge in [0.25, 0.3) is 0 Å². The fraction of sp³-hybridized carbons (Fsp3) is 0.455. The summed E-state index contributed by atoms with van der Waals surface area (Å²) in [5.41, 5.74) is 1.49. The van der Waals surface area contributed by atoms with Crippen molar-refractivity contribution in [3.05, 3.63) is 53.1 Å². The minimum atomic E-state index is -4.44. The van der Waals surface area contributed by atoms with Gasteiger partial charge in [0.05, 0.1) is 30.5 Å². The van der Waals surface area contributed by atoms with Crippen molar-refractivity contribution >= 4 is 5.97 Å². The summed E-state index contributed by atoms with van der Waals surface area (Å²) in [7, 11) is 0. The van der Waals surface area contributed by atoms with E-state index in [1.807, 2.05) is 20.8 Å². The fourth-order valence-electron chi connectivity index (χ4n) is 3.43. The van der Waals surface area contributed by atoms with E-state index in [-0.39, 0.29) is 12.3 Å². The van der Waals surface area contributed by atoms with Crippen molar-refractivity contribution in [1.29, 1.82) is 0 Å². The highest BCUT2D eigenvalue weighted by atomic mass is 19.4. The molecular weight excluding hydrogens is 439 g/mol. The summed E-state index contributed by atoms with van der Waals surface area (Å²) in [6.45, 7) is 6.78. The van der Waals surface area contributed by atoms with Crippen LogP contribution in [0.5, 0.6) is 5.88 Å². The number of carboxylic acids is 1. The maximum absolute atomic E-state index is 12.8. The minimum absolute atomic E-state index is 0.111. The zero-order chi connectivity index (χ0) is 24.2. The van der Waals surface area contributed by atoms with Crippen molar-refractivity contribution < 1.29 is 27.8 Å². The van der Waals surface area contributed by atoms with E-state index >= 15 is 0 Å². The van der Waals surface area contributed by atoms with E-state index in [0.29, 0.717) is 43.3 Å². The summed E-state index contributed by atoms with van der Waals surface area (Å²) in [4.78, 5) is 15.0. The smallest absolute Gasteiger partial charge is 0.417 e. The summed E-state index contributed by atoms with van der Waals surface area (Å²) in [5, 5.41) is 17.7. The SMILES string of the molecule is CCn1ncc(CC(=O)O)c1OCCCc1cn(-c2ccc(C(F)(F)F)cn2)nc1C(C)C. The number of hydrogen-bond donors (Lipinski definition) is 1. The van der Waals surface area contributed by atoms with Crippen LogP contribution in [0.15, 0.2) is 30.7 Å². The molecule has 3 aromatic rings. The number of alkyl halides is 3. The number of halogens is 3. The molecule has 1 N–H and O–H groups in total. The van der Waals surface area contributed by atoms with Gasteiger partial charge in [0.2, 0.25) is 5.88 Å². The monoisotopic (exact) mass is 465 g/mol. The quantitative estimate of drug-likeness (QED) is 0.450. The first-order valence-corrected chi connectivity index (χ1v) is 10.6. The maximum Gasteiger partial charge on any atom is 0.417 e. The van der Waals surface area contributed by atoms with E-state index in [1.165, 1.54) is 16.9 Å². The van der Waals surface area contributed by atoms with Crippen LogP contribution in [-0.4, -0.2) is 42.2 Å². The zero-order valence-electron chi connectivity index (χ0n) is 18.6. The average Bonchev–Trinajstić information content (AvgIpc) is 3.34. The maximum atomic E-state index is 12.8. The largest absolute Gasteiger partial charge is 0.481 e. The Morgan fingerprint density at radius 3 is 2.55 bits per heavy atom. The summed E-state index contributed by atoms with van der Waals surface area (Å²) in [6.07, 6.45) is 0.726. The van der Waals surface area contributed by atoms with Crippen LogP contribution >= 0.6 is 0 Å². The predicted molar refractivity (Wildman–Crippen MR) is 114 cm³/mol. The molecule has 33 heavy (non-hydrogen) atoms. The van der Waals surface area contributed by atoms with E-state index in [0.717, 1.165) is 23.5 Å². The van der Waals surface area contributed by atoms with Gasteiger partial charge < -0.3 is 9.84 Å². The van der Waals surface area contributed by atoms with Crippen LogP contribution in [0.1, 0.15) is 55.5 Å². The number of carbonyl (C=O) groups is 1. The highest BCUT2D eigenvalue weighted by Gasteiger charge is 2.30. The summed E-state index contributed by atoms with van der Waals surface area (Å²) < 4.78 is 47.3. The molecule has 0 radical (unpaired) electrons. The molecule has 178 valence electrons. The van der Waals surface area contributed by atoms with Gasteiger partial charge in [-0.1, -0.05) is 13.8 Å². The molecule has 0 spiro atoms. The van der Waals surface area contributed by atoms with Gasteiger partial charge in [-0.15, -0.1) is 0 Å². The standard InChI is InChI=1S/C22H26F3N5O3/c1-4-29-21(16(11-27-29)10-19(31)32)33-9-5-6-15-13-30(28-20(15)14(2)3)18-8-7-17(12-26-18)22(23,24)25/h7-8,11-14H,4-6,9-10H2,1-3H3,(H,31,32). The van der Waals surface area contributed by atoms with Gasteiger partial charge in [0.1, 0.15) is 0 Å². The number of rotatable bonds is 10. The van der Waals surface area contributed by atoms with Crippen molar-refractivity contribution in [1.82, 2.24) is 24.5 Å². The van der Waals surface area contributed by atoms with Crippen LogP contribution in [0.25, 0.3) is 5.82 Å². The molecule has 0 unspecified atom stereocenters. The molecule has 0 atom stereocenters. The molecule has 0 fully saturated rings. The molecular formula is C22H26F3N5O3. The lowest BCUT2D eigenvalue weighted by molar-refractivity contribution is -0.138. The Morgan fingerprint density at radius 1 is 1.21 bits per heavy atom. The summed E-state index contributed by atoms with van der Waals surface area (Å²) >= 11 is 0. The number of hydrogen-bond acceptors (Lipinski definition) is 5. The van der Waals surface area contributed by atoms with Gasteiger partial charge in [-0.3, -0.25) is 4.79 Å². The number of aromatic nitrogens is 5. The topological polar surface area (TPSA) is 95.1 Å². The third-order valence-corrected chi connectivity index (χ3v) is 5.01. The van der Waals surface area contributed by atoms with E-state index in [4.69, 9.17) is 9.84 Å². The molecule has 0 aliphatic carbocycles. The minimum Gasteiger partial charge on any atom is -0.481 e. The van der Waals surface area contributed by atoms with Gasteiger partial charge in [-0.2, -0.15) is 23.4 Å². The van der Waals surface area contributed by atoms with Gasteiger partial charge >= 0.3 is 12.1 Å². The molecule has 0 aliphatic rings. The van der Waals surface area contributed by atoms with Crippen molar-refractivity contribution in [2.24, 2.45) is 0 Å². The Kier molecular flexibility index (Phi) is 7.39. The third-order valence-electron chi connectivity index (χ3n) is 5.01. The lowest BCUT2D eigenvalue weighted by atomic mass is 10.0. The van der Waals surface area contributed by atoms with Crippen molar-refractivity contribution in [3.8, 4) is 11.7 Å². The molecule has 3 rings (SSSR count). The molecule has 0 amide bonds. The number of carboxylic acid groups (broad SMARTS) is 1. The second-order valence-corrected chi connectivity index (χ2v) is 7.85. The first kappa shape index (κ1) is 24.3. The molecule has 0 saturated carbocycles. The molecule has 8 nitrogen and oxygen atoms in total. The van der Waals surface area contributed by atoms with Crippen molar-refractivity contribution in [2.45, 2.75) is 58.7 Å². The molecule has 11 heteroatoms. The number of ether oxygens (including phenoxy) is 1. The second-order valence-electron chi connectivity index (χ2n) is 7.85. The van der Waals surface area contributed by atoms with Crippen LogP contribution < -0.4 is 4.74 Å². The molecule has 3 aromatic heterocycles. The number of aryl methyl sites for hydroxylation is 2. The first-order chi connectivity index (χ1) is 15.6. The van der Waals surface area contributed by atoms with Crippen LogP contribution in [0.3, 0.4) is 0 Å².